The van der Waals surface area contributed by atoms with Crippen molar-refractivity contribution in [2.45, 2.75) is 25.3 Å². The first-order valence-corrected chi connectivity index (χ1v) is 9.54. The Bertz CT molecular complexity index is 592. The molecule has 21 heavy (non-hydrogen) atoms. The molecule has 118 valence electrons. The fourth-order valence-corrected chi connectivity index (χ4v) is 5.26. The molecular weight excluding hydrogens is 356 g/mol. The van der Waals surface area contributed by atoms with Crippen LogP contribution in [0.1, 0.15) is 18.4 Å². The Hall–Kier alpha value is -0.630. The van der Waals surface area contributed by atoms with E-state index in [4.69, 9.17) is 10.6 Å². The molecule has 0 spiro atoms. The highest BCUT2D eigenvalue weighted by Crippen LogP contribution is 2.27. The summed E-state index contributed by atoms with van der Waals surface area (Å²) in [7, 11) is -1.20. The Morgan fingerprint density at radius 3 is 2.81 bits per heavy atom. The molecule has 1 aromatic carbocycles. The molecule has 1 fully saturated rings. The van der Waals surface area contributed by atoms with E-state index in [1.54, 1.807) is 7.11 Å². The van der Waals surface area contributed by atoms with Gasteiger partial charge in [0.05, 0.1) is 23.1 Å². The van der Waals surface area contributed by atoms with Crippen LogP contribution in [0, 0.1) is 5.92 Å². The third-order valence-electron chi connectivity index (χ3n) is 3.88. The molecule has 0 amide bonds. The van der Waals surface area contributed by atoms with Crippen molar-refractivity contribution in [1.82, 2.24) is 5.43 Å². The van der Waals surface area contributed by atoms with Crippen LogP contribution < -0.4 is 16.0 Å². The van der Waals surface area contributed by atoms with Gasteiger partial charge in [-0.15, -0.1) is 0 Å². The topological polar surface area (TPSA) is 81.4 Å². The van der Waals surface area contributed by atoms with E-state index in [2.05, 4.69) is 21.4 Å². The van der Waals surface area contributed by atoms with Gasteiger partial charge in [0.1, 0.15) is 5.75 Å². The van der Waals surface area contributed by atoms with Gasteiger partial charge in [0.15, 0.2) is 9.84 Å². The molecule has 0 aliphatic carbocycles. The normalized spacial score (nSPS) is 22.1. The highest BCUT2D eigenvalue weighted by atomic mass is 79.9. The Morgan fingerprint density at radius 2 is 2.29 bits per heavy atom. The number of nitrogens with two attached hydrogens (primary N) is 1. The highest BCUT2D eigenvalue weighted by Gasteiger charge is 2.29. The van der Waals surface area contributed by atoms with E-state index in [-0.39, 0.29) is 17.7 Å². The van der Waals surface area contributed by atoms with Crippen LogP contribution in [0.3, 0.4) is 0 Å². The molecule has 2 atom stereocenters. The molecule has 0 bridgehead atoms. The summed E-state index contributed by atoms with van der Waals surface area (Å²) < 4.78 is 29.1. The lowest BCUT2D eigenvalue weighted by Gasteiger charge is -2.19. The molecule has 5 nitrogen and oxygen atoms in total. The van der Waals surface area contributed by atoms with Gasteiger partial charge in [-0.2, -0.15) is 0 Å². The predicted octanol–water partition coefficient (Wildman–Crippen LogP) is 1.66. The second-order valence-corrected chi connectivity index (χ2v) is 8.62. The van der Waals surface area contributed by atoms with Crippen LogP contribution in [0.15, 0.2) is 22.7 Å². The minimum Gasteiger partial charge on any atom is -0.496 e. The van der Waals surface area contributed by atoms with Crippen LogP contribution >= 0.6 is 15.9 Å². The maximum atomic E-state index is 11.5. The summed E-state index contributed by atoms with van der Waals surface area (Å²) in [6.07, 6.45) is 2.28. The minimum absolute atomic E-state index is 0.0728. The van der Waals surface area contributed by atoms with Crippen molar-refractivity contribution in [1.29, 1.82) is 0 Å². The van der Waals surface area contributed by atoms with Gasteiger partial charge in [-0.1, -0.05) is 6.07 Å². The molecule has 7 heteroatoms. The average molecular weight is 377 g/mol. The lowest BCUT2D eigenvalue weighted by molar-refractivity contribution is 0.405. The Kier molecular flexibility index (Phi) is 5.65. The zero-order chi connectivity index (χ0) is 15.5. The van der Waals surface area contributed by atoms with Crippen molar-refractivity contribution in [3.63, 3.8) is 0 Å². The second-order valence-electron chi connectivity index (χ2n) is 5.54. The second kappa shape index (κ2) is 7.09. The van der Waals surface area contributed by atoms with Crippen LogP contribution in [0.4, 0.5) is 0 Å². The van der Waals surface area contributed by atoms with Crippen LogP contribution in [-0.2, 0) is 16.3 Å². The van der Waals surface area contributed by atoms with Crippen molar-refractivity contribution in [3.8, 4) is 5.75 Å². The number of nitrogens with one attached hydrogen (secondary N) is 1. The maximum absolute atomic E-state index is 11.5. The summed E-state index contributed by atoms with van der Waals surface area (Å²) >= 11 is 3.47. The maximum Gasteiger partial charge on any atom is 0.150 e. The number of benzene rings is 1. The first kappa shape index (κ1) is 16.7. The molecule has 0 radical (unpaired) electrons. The molecule has 1 aliphatic heterocycles. The summed E-state index contributed by atoms with van der Waals surface area (Å²) in [5, 5.41) is 0. The summed E-state index contributed by atoms with van der Waals surface area (Å²) in [5.74, 6) is 7.22. The van der Waals surface area contributed by atoms with Crippen molar-refractivity contribution >= 4 is 25.8 Å². The molecule has 0 aromatic heterocycles. The molecular formula is C14H21BrN2O3S. The van der Waals surface area contributed by atoms with Gasteiger partial charge in [0.2, 0.25) is 0 Å². The molecule has 1 aromatic rings. The van der Waals surface area contributed by atoms with Crippen molar-refractivity contribution < 1.29 is 13.2 Å². The molecule has 1 aliphatic rings. The fourth-order valence-electron chi connectivity index (χ4n) is 2.79. The SMILES string of the molecule is COc1ccc(CC(CC2CCS(=O)(=O)C2)NN)cc1Br. The van der Waals surface area contributed by atoms with E-state index >= 15 is 0 Å². The van der Waals surface area contributed by atoms with E-state index in [1.165, 1.54) is 0 Å². The van der Waals surface area contributed by atoms with Gasteiger partial charge in [-0.25, -0.2) is 8.42 Å². The van der Waals surface area contributed by atoms with Gasteiger partial charge < -0.3 is 4.74 Å². The van der Waals surface area contributed by atoms with E-state index in [0.717, 1.165) is 35.0 Å². The van der Waals surface area contributed by atoms with Crippen LogP contribution in [-0.4, -0.2) is 33.1 Å². The largest absolute Gasteiger partial charge is 0.496 e. The van der Waals surface area contributed by atoms with E-state index < -0.39 is 9.84 Å². The number of hydrogen-bond acceptors (Lipinski definition) is 5. The molecule has 1 saturated heterocycles. The number of sulfone groups is 1. The predicted molar refractivity (Wildman–Crippen MR) is 86.9 cm³/mol. The number of methoxy groups -OCH3 is 1. The molecule has 1 heterocycles. The van der Waals surface area contributed by atoms with Gasteiger partial charge in [0, 0.05) is 6.04 Å². The number of hydrazine groups is 1. The van der Waals surface area contributed by atoms with E-state index in [9.17, 15) is 8.42 Å². The van der Waals surface area contributed by atoms with Gasteiger partial charge in [0.25, 0.3) is 0 Å². The third-order valence-corrected chi connectivity index (χ3v) is 6.34. The molecule has 0 saturated carbocycles. The van der Waals surface area contributed by atoms with Gasteiger partial charge >= 0.3 is 0 Å². The highest BCUT2D eigenvalue weighted by molar-refractivity contribution is 9.10. The van der Waals surface area contributed by atoms with Gasteiger partial charge in [-0.05, 0) is 58.8 Å². The fraction of sp³-hybridized carbons (Fsp3) is 0.571. The zero-order valence-corrected chi connectivity index (χ0v) is 14.4. The monoisotopic (exact) mass is 376 g/mol. The molecule has 2 rings (SSSR count). The minimum atomic E-state index is -2.83. The Morgan fingerprint density at radius 1 is 1.52 bits per heavy atom. The van der Waals surface area contributed by atoms with Crippen molar-refractivity contribution in [2.75, 3.05) is 18.6 Å². The smallest absolute Gasteiger partial charge is 0.150 e. The molecule has 2 unspecified atom stereocenters. The van der Waals surface area contributed by atoms with Crippen LogP contribution in [0.25, 0.3) is 0 Å². The molecule has 3 N–H and O–H groups in total. The third kappa shape index (κ3) is 4.67. The lowest BCUT2D eigenvalue weighted by Crippen LogP contribution is -2.38. The Balaban J connectivity index is 1.97. The number of ether oxygens (including phenoxy) is 1. The quantitative estimate of drug-likeness (QED) is 0.582. The average Bonchev–Trinajstić information content (AvgIpc) is 2.77. The number of rotatable bonds is 6. The van der Waals surface area contributed by atoms with E-state index in [0.29, 0.717) is 5.75 Å². The first-order chi connectivity index (χ1) is 9.93. The van der Waals surface area contributed by atoms with Crippen molar-refractivity contribution in [3.05, 3.63) is 28.2 Å². The summed E-state index contributed by atoms with van der Waals surface area (Å²) in [5.41, 5.74) is 3.94. The standard InChI is InChI=1S/C14H21BrN2O3S/c1-20-14-3-2-10(8-13(14)15)6-12(17-16)7-11-4-5-21(18,19)9-11/h2-3,8,11-12,17H,4-7,9,16H2,1H3. The zero-order valence-electron chi connectivity index (χ0n) is 12.0. The van der Waals surface area contributed by atoms with Crippen LogP contribution in [0.2, 0.25) is 0 Å². The summed E-state index contributed by atoms with van der Waals surface area (Å²) in [4.78, 5) is 0. The van der Waals surface area contributed by atoms with Crippen molar-refractivity contribution in [2.24, 2.45) is 11.8 Å². The van der Waals surface area contributed by atoms with E-state index in [1.807, 2.05) is 18.2 Å². The first-order valence-electron chi connectivity index (χ1n) is 6.92. The lowest BCUT2D eigenvalue weighted by atomic mass is 9.95. The number of hydrogen-bond donors (Lipinski definition) is 2. The number of halogens is 1. The summed E-state index contributed by atoms with van der Waals surface area (Å²) in [6, 6.07) is 5.99. The van der Waals surface area contributed by atoms with Crippen LogP contribution in [0.5, 0.6) is 5.75 Å². The van der Waals surface area contributed by atoms with Gasteiger partial charge in [-0.3, -0.25) is 11.3 Å². The Labute approximate surface area is 134 Å². The summed E-state index contributed by atoms with van der Waals surface area (Å²) in [6.45, 7) is 0.